The van der Waals surface area contributed by atoms with E-state index in [2.05, 4.69) is 186 Å². The molecule has 0 radical (unpaired) electrons. The van der Waals surface area contributed by atoms with Gasteiger partial charge in [-0.05, 0) is 106 Å². The highest BCUT2D eigenvalue weighted by atomic mass is 15.5. The maximum absolute atomic E-state index is 3.94. The van der Waals surface area contributed by atoms with Gasteiger partial charge in [-0.1, -0.05) is 123 Å². The molecule has 3 heteroatoms. The quantitative estimate of drug-likeness (QED) is 0.201. The van der Waals surface area contributed by atoms with Crippen molar-refractivity contribution in [2.24, 2.45) is 0 Å². The Bertz CT molecular complexity index is 2500. The molecule has 50 heavy (non-hydrogen) atoms. The maximum Gasteiger partial charge on any atom is 0.109 e. The first-order chi connectivity index (χ1) is 24.6. The average Bonchev–Trinajstić information content (AvgIpc) is 3.59. The predicted molar refractivity (Wildman–Crippen MR) is 209 cm³/mol. The van der Waals surface area contributed by atoms with Gasteiger partial charge in [0, 0.05) is 27.6 Å². The third-order valence-corrected chi connectivity index (χ3v) is 11.3. The topological polar surface area (TPSA) is 20.2 Å². The minimum atomic E-state index is -0.0816. The average molecular weight is 646 g/mol. The molecular weight excluding hydrogens is 607 g/mol. The highest BCUT2D eigenvalue weighted by Crippen LogP contribution is 2.51. The summed E-state index contributed by atoms with van der Waals surface area (Å²) in [5.41, 5.74) is 15.4. The molecule has 0 amide bonds. The van der Waals surface area contributed by atoms with Crippen LogP contribution in [0.2, 0.25) is 0 Å². The van der Waals surface area contributed by atoms with Crippen molar-refractivity contribution < 1.29 is 0 Å². The number of nitrogens with zero attached hydrogens (tertiary/aromatic N) is 2. The van der Waals surface area contributed by atoms with Crippen LogP contribution in [0.4, 0.5) is 5.69 Å². The first kappa shape index (κ1) is 29.3. The summed E-state index contributed by atoms with van der Waals surface area (Å²) >= 11 is 0. The SMILES string of the molecule is CC1(C)c2ccccc2-c2cc3c4cc(-c5ccccc5)ccc4n(-c4cccc(C5NC(C6=CCCC=C6)N5c5ccccc5)c4)c3cc21. The molecular formula is C47H39N3. The minimum absolute atomic E-state index is 0.0639. The lowest BCUT2D eigenvalue weighted by Crippen LogP contribution is -2.64. The molecule has 3 nitrogen and oxygen atoms in total. The van der Waals surface area contributed by atoms with Crippen molar-refractivity contribution in [3.8, 4) is 27.9 Å². The molecule has 1 saturated heterocycles. The molecule has 2 atom stereocenters. The Kier molecular flexibility index (Phi) is 6.56. The fourth-order valence-corrected chi connectivity index (χ4v) is 8.76. The number of nitrogens with one attached hydrogen (secondary N) is 1. The summed E-state index contributed by atoms with van der Waals surface area (Å²) in [7, 11) is 0. The first-order valence-electron chi connectivity index (χ1n) is 17.9. The number of anilines is 1. The van der Waals surface area contributed by atoms with Crippen LogP contribution < -0.4 is 10.2 Å². The maximum atomic E-state index is 3.94. The lowest BCUT2D eigenvalue weighted by Gasteiger charge is -2.52. The Morgan fingerprint density at radius 3 is 2.16 bits per heavy atom. The van der Waals surface area contributed by atoms with E-state index >= 15 is 0 Å². The lowest BCUT2D eigenvalue weighted by atomic mass is 9.82. The fraction of sp³-hybridized carbons (Fsp3) is 0.149. The van der Waals surface area contributed by atoms with E-state index < -0.39 is 0 Å². The van der Waals surface area contributed by atoms with Gasteiger partial charge in [0.15, 0.2) is 0 Å². The molecule has 2 unspecified atom stereocenters. The van der Waals surface area contributed by atoms with E-state index in [1.807, 2.05) is 0 Å². The smallest absolute Gasteiger partial charge is 0.109 e. The van der Waals surface area contributed by atoms with Crippen LogP contribution in [0.3, 0.4) is 0 Å². The van der Waals surface area contributed by atoms with Gasteiger partial charge < -0.3 is 9.47 Å². The molecule has 1 fully saturated rings. The Labute approximate surface area is 293 Å². The molecule has 1 N–H and O–H groups in total. The second kappa shape index (κ2) is 11.2. The van der Waals surface area contributed by atoms with Crippen molar-refractivity contribution in [3.63, 3.8) is 0 Å². The Balaban J connectivity index is 1.16. The van der Waals surface area contributed by atoms with Gasteiger partial charge in [-0.3, -0.25) is 5.32 Å². The molecule has 0 saturated carbocycles. The molecule has 242 valence electrons. The van der Waals surface area contributed by atoms with Crippen molar-refractivity contribution in [1.29, 1.82) is 0 Å². The molecule has 7 aromatic rings. The largest absolute Gasteiger partial charge is 0.332 e. The third kappa shape index (κ3) is 4.40. The van der Waals surface area contributed by atoms with E-state index in [0.717, 1.165) is 12.8 Å². The van der Waals surface area contributed by atoms with Crippen LogP contribution in [0.5, 0.6) is 0 Å². The molecule has 0 spiro atoms. The number of hydrogen-bond donors (Lipinski definition) is 1. The minimum Gasteiger partial charge on any atom is -0.332 e. The normalized spacial score (nSPS) is 18.9. The second-order valence-corrected chi connectivity index (χ2v) is 14.5. The predicted octanol–water partition coefficient (Wildman–Crippen LogP) is 11.5. The fourth-order valence-electron chi connectivity index (χ4n) is 8.76. The summed E-state index contributed by atoms with van der Waals surface area (Å²) in [4.78, 5) is 2.53. The zero-order valence-electron chi connectivity index (χ0n) is 28.5. The number of benzene rings is 6. The number of para-hydroxylation sites is 1. The summed E-state index contributed by atoms with van der Waals surface area (Å²) in [5.74, 6) is 0. The Morgan fingerprint density at radius 2 is 1.34 bits per heavy atom. The van der Waals surface area contributed by atoms with Gasteiger partial charge in [0.25, 0.3) is 0 Å². The highest BCUT2D eigenvalue weighted by Gasteiger charge is 2.41. The van der Waals surface area contributed by atoms with Crippen molar-refractivity contribution >= 4 is 27.5 Å². The molecule has 0 bridgehead atoms. The van der Waals surface area contributed by atoms with Crippen molar-refractivity contribution in [3.05, 3.63) is 180 Å². The standard InChI is InChI=1S/C47H39N3/c1-47(2)41-24-13-12-23-37(41)38-29-40-39-28-33(31-15-6-3-7-16-31)25-26-43(39)49(44(40)30-42(38)47)36-22-14-19-34(27-36)46-48-45(32-17-8-4-9-18-32)50(46)35-20-10-5-11-21-35/h3,5-8,10-30,45-46,48H,4,9H2,1-2H3. The monoisotopic (exact) mass is 645 g/mol. The van der Waals surface area contributed by atoms with Gasteiger partial charge in [-0.25, -0.2) is 0 Å². The van der Waals surface area contributed by atoms with Crippen LogP contribution in [0.25, 0.3) is 49.7 Å². The van der Waals surface area contributed by atoms with Crippen LogP contribution in [0.1, 0.15) is 49.5 Å². The van der Waals surface area contributed by atoms with Crippen LogP contribution in [-0.4, -0.2) is 10.7 Å². The molecule has 1 aliphatic heterocycles. The first-order valence-corrected chi connectivity index (χ1v) is 17.9. The summed E-state index contributed by atoms with van der Waals surface area (Å²) in [5, 5.41) is 6.51. The number of allylic oxidation sites excluding steroid dienone is 2. The van der Waals surface area contributed by atoms with Gasteiger partial charge in [0.2, 0.25) is 0 Å². The van der Waals surface area contributed by atoms with Gasteiger partial charge in [-0.2, -0.15) is 0 Å². The molecule has 10 rings (SSSR count). The van der Waals surface area contributed by atoms with Crippen LogP contribution in [0, 0.1) is 0 Å². The lowest BCUT2D eigenvalue weighted by molar-refractivity contribution is 0.308. The van der Waals surface area contributed by atoms with Crippen LogP contribution in [-0.2, 0) is 5.41 Å². The zero-order chi connectivity index (χ0) is 33.4. The van der Waals surface area contributed by atoms with Gasteiger partial charge in [0.1, 0.15) is 12.3 Å². The molecule has 3 aliphatic rings. The summed E-state index contributed by atoms with van der Waals surface area (Å²) in [6, 6.07) is 51.7. The third-order valence-electron chi connectivity index (χ3n) is 11.3. The van der Waals surface area contributed by atoms with E-state index in [1.165, 1.54) is 77.7 Å². The van der Waals surface area contributed by atoms with E-state index in [0.29, 0.717) is 0 Å². The van der Waals surface area contributed by atoms with Crippen LogP contribution >= 0.6 is 0 Å². The summed E-state index contributed by atoms with van der Waals surface area (Å²) < 4.78 is 2.50. The van der Waals surface area contributed by atoms with Crippen LogP contribution in [0.15, 0.2) is 163 Å². The Morgan fingerprint density at radius 1 is 0.580 bits per heavy atom. The van der Waals surface area contributed by atoms with E-state index in [4.69, 9.17) is 0 Å². The molecule has 1 aromatic heterocycles. The second-order valence-electron chi connectivity index (χ2n) is 14.5. The van der Waals surface area contributed by atoms with Gasteiger partial charge in [-0.15, -0.1) is 0 Å². The molecule has 2 aliphatic carbocycles. The van der Waals surface area contributed by atoms with E-state index in [-0.39, 0.29) is 17.7 Å². The summed E-state index contributed by atoms with van der Waals surface area (Å²) in [6.45, 7) is 4.75. The van der Waals surface area contributed by atoms with E-state index in [1.54, 1.807) is 0 Å². The van der Waals surface area contributed by atoms with Gasteiger partial charge in [0.05, 0.1) is 11.0 Å². The molecule has 6 aromatic carbocycles. The number of hydrogen-bond acceptors (Lipinski definition) is 2. The Hall–Kier alpha value is -5.64. The van der Waals surface area contributed by atoms with Crippen molar-refractivity contribution in [2.75, 3.05) is 4.90 Å². The molecule has 2 heterocycles. The number of aromatic nitrogens is 1. The van der Waals surface area contributed by atoms with E-state index in [9.17, 15) is 0 Å². The summed E-state index contributed by atoms with van der Waals surface area (Å²) in [6.07, 6.45) is 9.41. The van der Waals surface area contributed by atoms with Crippen molar-refractivity contribution in [1.82, 2.24) is 9.88 Å². The van der Waals surface area contributed by atoms with Gasteiger partial charge >= 0.3 is 0 Å². The number of rotatable bonds is 5. The zero-order valence-corrected chi connectivity index (χ0v) is 28.5. The van der Waals surface area contributed by atoms with Crippen molar-refractivity contribution in [2.45, 2.75) is 44.4 Å². The number of fused-ring (bicyclic) bond motifs is 6. The highest BCUT2D eigenvalue weighted by molar-refractivity contribution is 6.12.